The number of carboxylic acids is 1. The molecule has 0 radical (unpaired) electrons. The number of aliphatic carboxylic acids is 1. The number of carboxylic acid groups (broad SMARTS) is 1. The monoisotopic (exact) mass is 394 g/mol. The summed E-state index contributed by atoms with van der Waals surface area (Å²) in [6, 6.07) is 16.4. The average Bonchev–Trinajstić information content (AvgIpc) is 3.64. The van der Waals surface area contributed by atoms with Crippen LogP contribution in [0.4, 0.5) is 0 Å². The summed E-state index contributed by atoms with van der Waals surface area (Å²) in [6.45, 7) is 2.55. The van der Waals surface area contributed by atoms with Gasteiger partial charge in [-0.25, -0.2) is 0 Å². The number of hydrogen-bond donors (Lipinski definition) is 1. The molecule has 2 aliphatic carbocycles. The second-order valence-electron chi connectivity index (χ2n) is 8.69. The van der Waals surface area contributed by atoms with E-state index in [0.717, 1.165) is 42.9 Å². The van der Waals surface area contributed by atoms with Gasteiger partial charge in [0, 0.05) is 0 Å². The standard InChI is InChI=1S/C25H30O4/c1-16(25(26)27)24(18-9-10-18)19-6-4-8-23(14-19)29-15-21-13-20(21)11-17-5-3-7-22(12-17)28-2/h3-8,12,14,16,18,20-21,24H,9-11,13,15H2,1-2H3,(H,26,27). The van der Waals surface area contributed by atoms with Crippen molar-refractivity contribution >= 4 is 5.97 Å². The number of benzene rings is 2. The van der Waals surface area contributed by atoms with E-state index >= 15 is 0 Å². The van der Waals surface area contributed by atoms with Crippen LogP contribution in [-0.4, -0.2) is 24.8 Å². The molecule has 154 valence electrons. The van der Waals surface area contributed by atoms with Gasteiger partial charge in [0.15, 0.2) is 0 Å². The predicted octanol–water partition coefficient (Wildman–Crippen LogP) is 5.17. The Labute approximate surface area is 172 Å². The Hall–Kier alpha value is -2.49. The van der Waals surface area contributed by atoms with Gasteiger partial charge in [0.1, 0.15) is 11.5 Å². The van der Waals surface area contributed by atoms with Crippen LogP contribution in [0, 0.1) is 23.7 Å². The molecule has 2 aliphatic rings. The van der Waals surface area contributed by atoms with E-state index in [2.05, 4.69) is 24.3 Å². The number of hydrogen-bond acceptors (Lipinski definition) is 3. The first kappa shape index (κ1) is 19.8. The van der Waals surface area contributed by atoms with Crippen molar-refractivity contribution in [2.45, 2.75) is 38.5 Å². The molecule has 4 rings (SSSR count). The Morgan fingerprint density at radius 2 is 1.86 bits per heavy atom. The SMILES string of the molecule is COc1cccc(CC2CC2COc2cccc(C(C3CC3)C(C)C(=O)O)c2)c1. The fourth-order valence-electron chi connectivity index (χ4n) is 4.46. The minimum atomic E-state index is -0.716. The van der Waals surface area contributed by atoms with Gasteiger partial charge in [-0.15, -0.1) is 0 Å². The summed E-state index contributed by atoms with van der Waals surface area (Å²) >= 11 is 0. The molecule has 0 aliphatic heterocycles. The summed E-state index contributed by atoms with van der Waals surface area (Å²) in [5.74, 6) is 2.51. The van der Waals surface area contributed by atoms with Gasteiger partial charge in [-0.05, 0) is 84.7 Å². The molecule has 0 aromatic heterocycles. The fraction of sp³-hybridized carbons (Fsp3) is 0.480. The number of methoxy groups -OCH3 is 1. The average molecular weight is 395 g/mol. The minimum Gasteiger partial charge on any atom is -0.497 e. The van der Waals surface area contributed by atoms with Crippen LogP contribution in [-0.2, 0) is 11.2 Å². The van der Waals surface area contributed by atoms with Crippen LogP contribution in [0.25, 0.3) is 0 Å². The zero-order valence-electron chi connectivity index (χ0n) is 17.2. The van der Waals surface area contributed by atoms with Crippen molar-refractivity contribution in [1.29, 1.82) is 0 Å². The molecule has 0 spiro atoms. The third-order valence-electron chi connectivity index (χ3n) is 6.47. The van der Waals surface area contributed by atoms with Gasteiger partial charge in [-0.3, -0.25) is 4.79 Å². The van der Waals surface area contributed by atoms with Crippen molar-refractivity contribution in [2.24, 2.45) is 23.7 Å². The van der Waals surface area contributed by atoms with Crippen LogP contribution >= 0.6 is 0 Å². The highest BCUT2D eigenvalue weighted by atomic mass is 16.5. The Balaban J connectivity index is 1.33. The molecule has 0 bridgehead atoms. The first-order valence-electron chi connectivity index (χ1n) is 10.6. The molecule has 2 aromatic carbocycles. The van der Waals surface area contributed by atoms with Gasteiger partial charge in [0.2, 0.25) is 0 Å². The topological polar surface area (TPSA) is 55.8 Å². The Bertz CT molecular complexity index is 857. The lowest BCUT2D eigenvalue weighted by molar-refractivity contribution is -0.142. The lowest BCUT2D eigenvalue weighted by Gasteiger charge is -2.21. The molecule has 2 saturated carbocycles. The molecule has 0 amide bonds. The summed E-state index contributed by atoms with van der Waals surface area (Å²) in [5.41, 5.74) is 2.41. The van der Waals surface area contributed by atoms with E-state index in [1.54, 1.807) is 7.11 Å². The van der Waals surface area contributed by atoms with Crippen LogP contribution in [0.1, 0.15) is 43.2 Å². The first-order valence-corrected chi connectivity index (χ1v) is 10.6. The van der Waals surface area contributed by atoms with E-state index < -0.39 is 5.97 Å². The maximum absolute atomic E-state index is 11.5. The van der Waals surface area contributed by atoms with E-state index in [0.29, 0.717) is 17.8 Å². The largest absolute Gasteiger partial charge is 0.497 e. The third kappa shape index (κ3) is 4.92. The van der Waals surface area contributed by atoms with Gasteiger partial charge in [-0.2, -0.15) is 0 Å². The van der Waals surface area contributed by atoms with E-state index in [-0.39, 0.29) is 11.8 Å². The summed E-state index contributed by atoms with van der Waals surface area (Å²) in [5, 5.41) is 9.49. The van der Waals surface area contributed by atoms with Crippen molar-refractivity contribution in [3.8, 4) is 11.5 Å². The summed E-state index contributed by atoms with van der Waals surface area (Å²) < 4.78 is 11.4. The summed E-state index contributed by atoms with van der Waals surface area (Å²) in [4.78, 5) is 11.5. The lowest BCUT2D eigenvalue weighted by Crippen LogP contribution is -2.20. The van der Waals surface area contributed by atoms with E-state index in [9.17, 15) is 9.90 Å². The maximum atomic E-state index is 11.5. The normalized spacial score (nSPS) is 22.6. The molecule has 4 heteroatoms. The Morgan fingerprint density at radius 3 is 2.59 bits per heavy atom. The highest BCUT2D eigenvalue weighted by Crippen LogP contribution is 2.47. The van der Waals surface area contributed by atoms with Gasteiger partial charge in [0.05, 0.1) is 19.6 Å². The van der Waals surface area contributed by atoms with Crippen LogP contribution in [0.5, 0.6) is 11.5 Å². The van der Waals surface area contributed by atoms with Crippen molar-refractivity contribution in [3.63, 3.8) is 0 Å². The second kappa shape index (κ2) is 8.48. The number of carbonyl (C=O) groups is 1. The van der Waals surface area contributed by atoms with E-state index in [1.807, 2.05) is 31.2 Å². The van der Waals surface area contributed by atoms with Crippen molar-refractivity contribution in [3.05, 3.63) is 59.7 Å². The molecular weight excluding hydrogens is 364 g/mol. The Kier molecular flexibility index (Phi) is 5.79. The van der Waals surface area contributed by atoms with Gasteiger partial charge < -0.3 is 14.6 Å². The number of ether oxygens (including phenoxy) is 2. The molecule has 4 atom stereocenters. The van der Waals surface area contributed by atoms with Crippen LogP contribution < -0.4 is 9.47 Å². The quantitative estimate of drug-likeness (QED) is 0.604. The molecular formula is C25H30O4. The predicted molar refractivity (Wildman–Crippen MR) is 112 cm³/mol. The number of rotatable bonds is 10. The smallest absolute Gasteiger partial charge is 0.306 e. The highest BCUT2D eigenvalue weighted by molar-refractivity contribution is 5.71. The van der Waals surface area contributed by atoms with Crippen molar-refractivity contribution in [2.75, 3.05) is 13.7 Å². The van der Waals surface area contributed by atoms with Crippen LogP contribution in [0.3, 0.4) is 0 Å². The summed E-state index contributed by atoms with van der Waals surface area (Å²) in [6.07, 6.45) is 4.51. The Morgan fingerprint density at radius 1 is 1.10 bits per heavy atom. The third-order valence-corrected chi connectivity index (χ3v) is 6.47. The molecule has 2 aromatic rings. The van der Waals surface area contributed by atoms with Crippen molar-refractivity contribution < 1.29 is 19.4 Å². The molecule has 4 unspecified atom stereocenters. The van der Waals surface area contributed by atoms with Gasteiger partial charge >= 0.3 is 5.97 Å². The second-order valence-corrected chi connectivity index (χ2v) is 8.69. The lowest BCUT2D eigenvalue weighted by atomic mass is 9.83. The van der Waals surface area contributed by atoms with Crippen LogP contribution in [0.2, 0.25) is 0 Å². The van der Waals surface area contributed by atoms with E-state index in [1.165, 1.54) is 12.0 Å². The van der Waals surface area contributed by atoms with Gasteiger partial charge in [-0.1, -0.05) is 31.2 Å². The van der Waals surface area contributed by atoms with E-state index in [4.69, 9.17) is 9.47 Å². The zero-order valence-corrected chi connectivity index (χ0v) is 17.2. The maximum Gasteiger partial charge on any atom is 0.306 e. The fourth-order valence-corrected chi connectivity index (χ4v) is 4.46. The van der Waals surface area contributed by atoms with Gasteiger partial charge in [0.25, 0.3) is 0 Å². The van der Waals surface area contributed by atoms with Crippen LogP contribution in [0.15, 0.2) is 48.5 Å². The minimum absolute atomic E-state index is 0.0813. The first-order chi connectivity index (χ1) is 14.0. The molecule has 0 heterocycles. The highest BCUT2D eigenvalue weighted by Gasteiger charge is 2.39. The molecule has 0 saturated heterocycles. The molecule has 2 fully saturated rings. The summed E-state index contributed by atoms with van der Waals surface area (Å²) in [7, 11) is 1.70. The molecule has 1 N–H and O–H groups in total. The van der Waals surface area contributed by atoms with Crippen molar-refractivity contribution in [1.82, 2.24) is 0 Å². The zero-order chi connectivity index (χ0) is 20.4. The molecule has 29 heavy (non-hydrogen) atoms. The molecule has 4 nitrogen and oxygen atoms in total.